The molecule has 0 aliphatic heterocycles. The van der Waals surface area contributed by atoms with Gasteiger partial charge in [0.15, 0.2) is 0 Å². The van der Waals surface area contributed by atoms with Crippen LogP contribution in [0.5, 0.6) is 0 Å². The van der Waals surface area contributed by atoms with Crippen molar-refractivity contribution in [2.24, 2.45) is 10.7 Å². The predicted octanol–water partition coefficient (Wildman–Crippen LogP) is 2.53. The molecule has 1 aromatic carbocycles. The van der Waals surface area contributed by atoms with E-state index in [9.17, 15) is 0 Å². The lowest BCUT2D eigenvalue weighted by Gasteiger charge is -2.03. The number of halogens is 1. The molecule has 0 amide bonds. The molecule has 0 saturated heterocycles. The van der Waals surface area contributed by atoms with Crippen molar-refractivity contribution in [3.8, 4) is 10.6 Å². The van der Waals surface area contributed by atoms with Crippen molar-refractivity contribution in [1.29, 1.82) is 0 Å². The Hall–Kier alpha value is -1.43. The fourth-order valence-corrected chi connectivity index (χ4v) is 2.34. The molecular weight excluding hydrogens is 270 g/mol. The molecular formula is C12H12ClN3OS. The van der Waals surface area contributed by atoms with Gasteiger partial charge in [-0.25, -0.2) is 9.98 Å². The van der Waals surface area contributed by atoms with Crippen LogP contribution in [0, 0.1) is 0 Å². The third-order valence-electron chi connectivity index (χ3n) is 2.25. The average molecular weight is 282 g/mol. The number of thiazole rings is 1. The van der Waals surface area contributed by atoms with E-state index in [1.165, 1.54) is 11.3 Å². The minimum Gasteiger partial charge on any atom is -0.390 e. The van der Waals surface area contributed by atoms with Crippen molar-refractivity contribution >= 4 is 34.5 Å². The number of aliphatic hydroxyl groups is 1. The van der Waals surface area contributed by atoms with Crippen LogP contribution in [0.4, 0.5) is 5.69 Å². The van der Waals surface area contributed by atoms with Crippen LogP contribution in [0.2, 0.25) is 0 Å². The van der Waals surface area contributed by atoms with E-state index in [0.717, 1.165) is 16.3 Å². The summed E-state index contributed by atoms with van der Waals surface area (Å²) in [6, 6.07) is 7.56. The van der Waals surface area contributed by atoms with Crippen molar-refractivity contribution in [3.63, 3.8) is 0 Å². The van der Waals surface area contributed by atoms with Crippen molar-refractivity contribution in [1.82, 2.24) is 4.98 Å². The third kappa shape index (κ3) is 2.87. The molecule has 0 spiro atoms. The first kappa shape index (κ1) is 13.0. The Kier molecular flexibility index (Phi) is 4.30. The number of hydrogen-bond acceptors (Lipinski definition) is 4. The van der Waals surface area contributed by atoms with Gasteiger partial charge in [0.2, 0.25) is 0 Å². The maximum atomic E-state index is 9.03. The van der Waals surface area contributed by atoms with Crippen LogP contribution in [0.15, 0.2) is 34.6 Å². The molecule has 1 aromatic heterocycles. The van der Waals surface area contributed by atoms with Crippen LogP contribution in [0.1, 0.15) is 5.69 Å². The summed E-state index contributed by atoms with van der Waals surface area (Å²) in [5, 5.41) is 11.7. The second kappa shape index (κ2) is 5.95. The summed E-state index contributed by atoms with van der Waals surface area (Å²) < 4.78 is 0. The number of benzene rings is 1. The van der Waals surface area contributed by atoms with Crippen LogP contribution in [0.25, 0.3) is 10.6 Å². The molecule has 6 heteroatoms. The lowest BCUT2D eigenvalue weighted by Crippen LogP contribution is -2.12. The Balaban J connectivity index is 2.44. The number of aromatic nitrogens is 1. The highest BCUT2D eigenvalue weighted by molar-refractivity contribution is 7.13. The van der Waals surface area contributed by atoms with E-state index < -0.39 is 0 Å². The zero-order chi connectivity index (χ0) is 13.0. The van der Waals surface area contributed by atoms with E-state index in [0.29, 0.717) is 11.5 Å². The SMILES string of the molecule is NC(CCl)=Nc1ccccc1-c1nc(CO)cs1. The molecule has 0 unspecified atom stereocenters. The monoisotopic (exact) mass is 281 g/mol. The molecule has 0 saturated carbocycles. The van der Waals surface area contributed by atoms with Gasteiger partial charge in [0.05, 0.1) is 23.9 Å². The molecule has 1 heterocycles. The average Bonchev–Trinajstić information content (AvgIpc) is 2.88. The number of alkyl halides is 1. The predicted molar refractivity (Wildman–Crippen MR) is 75.5 cm³/mol. The summed E-state index contributed by atoms with van der Waals surface area (Å²) in [6.07, 6.45) is 0. The smallest absolute Gasteiger partial charge is 0.125 e. The highest BCUT2D eigenvalue weighted by Gasteiger charge is 2.08. The summed E-state index contributed by atoms with van der Waals surface area (Å²) >= 11 is 7.09. The number of nitrogens with zero attached hydrogens (tertiary/aromatic N) is 2. The van der Waals surface area contributed by atoms with E-state index in [1.54, 1.807) is 0 Å². The molecule has 0 bridgehead atoms. The summed E-state index contributed by atoms with van der Waals surface area (Å²) in [4.78, 5) is 8.57. The van der Waals surface area contributed by atoms with Gasteiger partial charge in [-0.2, -0.15) is 0 Å². The first-order valence-corrected chi connectivity index (χ1v) is 6.69. The van der Waals surface area contributed by atoms with Gasteiger partial charge in [0.1, 0.15) is 10.8 Å². The Morgan fingerprint density at radius 3 is 2.89 bits per heavy atom. The number of para-hydroxylation sites is 1. The van der Waals surface area contributed by atoms with Crippen LogP contribution in [0.3, 0.4) is 0 Å². The van der Waals surface area contributed by atoms with E-state index in [2.05, 4.69) is 9.98 Å². The topological polar surface area (TPSA) is 71.5 Å². The van der Waals surface area contributed by atoms with E-state index in [-0.39, 0.29) is 12.5 Å². The van der Waals surface area contributed by atoms with Gasteiger partial charge in [-0.3, -0.25) is 0 Å². The summed E-state index contributed by atoms with van der Waals surface area (Å²) in [5.74, 6) is 0.553. The quantitative estimate of drug-likeness (QED) is 0.514. The number of aliphatic hydroxyl groups excluding tert-OH is 1. The maximum Gasteiger partial charge on any atom is 0.125 e. The fraction of sp³-hybridized carbons (Fsp3) is 0.167. The summed E-state index contributed by atoms with van der Waals surface area (Å²) in [6.45, 7) is -0.0637. The molecule has 18 heavy (non-hydrogen) atoms. The lowest BCUT2D eigenvalue weighted by atomic mass is 10.2. The largest absolute Gasteiger partial charge is 0.390 e. The number of nitrogens with two attached hydrogens (primary N) is 1. The maximum absolute atomic E-state index is 9.03. The van der Waals surface area contributed by atoms with E-state index >= 15 is 0 Å². The second-order valence-corrected chi connectivity index (χ2v) is 4.68. The molecule has 0 atom stereocenters. The molecule has 0 fully saturated rings. The standard InChI is InChI=1S/C12H12ClN3OS/c13-5-11(14)16-10-4-2-1-3-9(10)12-15-8(6-17)7-18-12/h1-4,7,17H,5-6H2,(H2,14,16). The Morgan fingerprint density at radius 1 is 1.44 bits per heavy atom. The molecule has 2 rings (SSSR count). The molecule has 3 N–H and O–H groups in total. The van der Waals surface area contributed by atoms with E-state index in [1.807, 2.05) is 29.6 Å². The molecule has 2 aromatic rings. The molecule has 0 radical (unpaired) electrons. The van der Waals surface area contributed by atoms with Crippen LogP contribution in [-0.4, -0.2) is 21.8 Å². The molecule has 94 valence electrons. The van der Waals surface area contributed by atoms with Crippen LogP contribution < -0.4 is 5.73 Å². The van der Waals surface area contributed by atoms with Crippen molar-refractivity contribution in [2.45, 2.75) is 6.61 Å². The number of aliphatic imine (C=N–C) groups is 1. The van der Waals surface area contributed by atoms with Gasteiger partial charge in [-0.15, -0.1) is 22.9 Å². The van der Waals surface area contributed by atoms with Crippen molar-refractivity contribution in [2.75, 3.05) is 5.88 Å². The van der Waals surface area contributed by atoms with Crippen molar-refractivity contribution < 1.29 is 5.11 Å². The first-order chi connectivity index (χ1) is 8.74. The first-order valence-electron chi connectivity index (χ1n) is 5.28. The fourth-order valence-electron chi connectivity index (χ4n) is 1.44. The zero-order valence-electron chi connectivity index (χ0n) is 9.51. The van der Waals surface area contributed by atoms with Gasteiger partial charge in [0, 0.05) is 10.9 Å². The van der Waals surface area contributed by atoms with Gasteiger partial charge in [0.25, 0.3) is 0 Å². The van der Waals surface area contributed by atoms with E-state index in [4.69, 9.17) is 22.4 Å². The van der Waals surface area contributed by atoms with Gasteiger partial charge < -0.3 is 10.8 Å². The van der Waals surface area contributed by atoms with Crippen LogP contribution >= 0.6 is 22.9 Å². The number of rotatable bonds is 4. The molecule has 0 aliphatic rings. The molecule has 4 nitrogen and oxygen atoms in total. The normalized spacial score (nSPS) is 11.8. The van der Waals surface area contributed by atoms with Crippen LogP contribution in [-0.2, 0) is 6.61 Å². The number of hydrogen-bond donors (Lipinski definition) is 2. The van der Waals surface area contributed by atoms with Gasteiger partial charge in [-0.05, 0) is 12.1 Å². The Labute approximate surface area is 114 Å². The highest BCUT2D eigenvalue weighted by Crippen LogP contribution is 2.32. The minimum absolute atomic E-state index is 0.0637. The minimum atomic E-state index is -0.0637. The van der Waals surface area contributed by atoms with Crippen molar-refractivity contribution in [3.05, 3.63) is 35.3 Å². The molecule has 0 aliphatic carbocycles. The summed E-state index contributed by atoms with van der Waals surface area (Å²) in [7, 11) is 0. The van der Waals surface area contributed by atoms with Gasteiger partial charge >= 0.3 is 0 Å². The highest BCUT2D eigenvalue weighted by atomic mass is 35.5. The number of amidine groups is 1. The third-order valence-corrected chi connectivity index (χ3v) is 3.45. The zero-order valence-corrected chi connectivity index (χ0v) is 11.1. The second-order valence-electron chi connectivity index (χ2n) is 3.56. The lowest BCUT2D eigenvalue weighted by molar-refractivity contribution is 0.278. The Morgan fingerprint density at radius 2 is 2.22 bits per heavy atom. The summed E-state index contributed by atoms with van der Waals surface area (Å²) in [5.41, 5.74) is 7.91. The Bertz CT molecular complexity index is 568. The van der Waals surface area contributed by atoms with Gasteiger partial charge in [-0.1, -0.05) is 12.1 Å².